The fraction of sp³-hybridized carbons (Fsp3) is 0.333. The molecule has 1 saturated heterocycles. The van der Waals surface area contributed by atoms with E-state index in [1.165, 1.54) is 18.3 Å². The topological polar surface area (TPSA) is 58.4 Å². The average molecular weight is 289 g/mol. The molecule has 1 N–H and O–H groups in total. The van der Waals surface area contributed by atoms with Crippen LogP contribution in [0.4, 0.5) is 4.39 Å². The second-order valence-electron chi connectivity index (χ2n) is 5.32. The number of carbonyl (C=O) groups excluding carboxylic acids is 1. The van der Waals surface area contributed by atoms with Gasteiger partial charge in [-0.05, 0) is 24.1 Å². The number of benzene rings is 1. The minimum absolute atomic E-state index is 0.172. The Morgan fingerprint density at radius 3 is 2.71 bits per heavy atom. The molecule has 1 aromatic carbocycles. The second-order valence-corrected chi connectivity index (χ2v) is 5.32. The van der Waals surface area contributed by atoms with E-state index in [2.05, 4.69) is 5.10 Å². The molecule has 0 saturated carbocycles. The van der Waals surface area contributed by atoms with Crippen LogP contribution in [0.25, 0.3) is 0 Å². The number of halogens is 1. The van der Waals surface area contributed by atoms with E-state index < -0.39 is 6.10 Å². The predicted molar refractivity (Wildman–Crippen MR) is 74.0 cm³/mol. The van der Waals surface area contributed by atoms with Crippen LogP contribution < -0.4 is 0 Å². The van der Waals surface area contributed by atoms with Crippen LogP contribution in [0.1, 0.15) is 28.4 Å². The van der Waals surface area contributed by atoms with Gasteiger partial charge in [0.05, 0.1) is 23.9 Å². The Morgan fingerprint density at radius 2 is 2.10 bits per heavy atom. The summed E-state index contributed by atoms with van der Waals surface area (Å²) in [5, 5.41) is 13.9. The van der Waals surface area contributed by atoms with Gasteiger partial charge in [-0.15, -0.1) is 0 Å². The number of amides is 1. The van der Waals surface area contributed by atoms with Crippen molar-refractivity contribution in [2.75, 3.05) is 6.54 Å². The Bertz CT molecular complexity index is 653. The summed E-state index contributed by atoms with van der Waals surface area (Å²) in [5.41, 5.74) is 1.31. The molecule has 1 aromatic heterocycles. The molecule has 5 nitrogen and oxygen atoms in total. The fourth-order valence-electron chi connectivity index (χ4n) is 2.74. The molecule has 1 amide bonds. The molecule has 2 atom stereocenters. The first-order chi connectivity index (χ1) is 10.0. The van der Waals surface area contributed by atoms with Crippen molar-refractivity contribution >= 4 is 5.91 Å². The molecule has 3 rings (SSSR count). The molecule has 1 fully saturated rings. The van der Waals surface area contributed by atoms with E-state index >= 15 is 0 Å². The highest BCUT2D eigenvalue weighted by Crippen LogP contribution is 2.33. The summed E-state index contributed by atoms with van der Waals surface area (Å²) in [6, 6.07) is 5.80. The van der Waals surface area contributed by atoms with Crippen LogP contribution >= 0.6 is 0 Å². The molecule has 0 bridgehead atoms. The summed E-state index contributed by atoms with van der Waals surface area (Å²) in [6.45, 7) is 0.274. The van der Waals surface area contributed by atoms with Crippen molar-refractivity contribution < 1.29 is 14.3 Å². The average Bonchev–Trinajstić information content (AvgIpc) is 3.05. The summed E-state index contributed by atoms with van der Waals surface area (Å²) in [6.07, 6.45) is 3.04. The Morgan fingerprint density at radius 1 is 1.38 bits per heavy atom. The Balaban J connectivity index is 1.88. The van der Waals surface area contributed by atoms with Crippen molar-refractivity contribution in [1.29, 1.82) is 0 Å². The van der Waals surface area contributed by atoms with E-state index in [-0.39, 0.29) is 24.3 Å². The first kappa shape index (κ1) is 13.8. The molecular weight excluding hydrogens is 273 g/mol. The van der Waals surface area contributed by atoms with Gasteiger partial charge in [-0.25, -0.2) is 4.39 Å². The summed E-state index contributed by atoms with van der Waals surface area (Å²) in [7, 11) is 1.74. The second kappa shape index (κ2) is 5.29. The lowest BCUT2D eigenvalue weighted by atomic mass is 10.0. The van der Waals surface area contributed by atoms with Gasteiger partial charge in [-0.1, -0.05) is 12.1 Å². The molecule has 0 spiro atoms. The van der Waals surface area contributed by atoms with Crippen molar-refractivity contribution in [2.24, 2.45) is 7.05 Å². The van der Waals surface area contributed by atoms with E-state index in [9.17, 15) is 14.3 Å². The first-order valence-electron chi connectivity index (χ1n) is 6.78. The van der Waals surface area contributed by atoms with Crippen molar-refractivity contribution in [3.05, 3.63) is 53.6 Å². The Kier molecular flexibility index (Phi) is 3.47. The van der Waals surface area contributed by atoms with Gasteiger partial charge >= 0.3 is 0 Å². The van der Waals surface area contributed by atoms with Crippen molar-refractivity contribution in [3.8, 4) is 0 Å². The van der Waals surface area contributed by atoms with Crippen LogP contribution in [-0.2, 0) is 7.05 Å². The minimum atomic E-state index is -0.569. The first-order valence-corrected chi connectivity index (χ1v) is 6.78. The van der Waals surface area contributed by atoms with E-state index in [1.807, 2.05) is 0 Å². The van der Waals surface area contributed by atoms with Gasteiger partial charge < -0.3 is 10.0 Å². The molecule has 1 aliphatic heterocycles. The summed E-state index contributed by atoms with van der Waals surface area (Å²) >= 11 is 0. The van der Waals surface area contributed by atoms with Crippen LogP contribution in [0.3, 0.4) is 0 Å². The third-order valence-electron chi connectivity index (χ3n) is 3.75. The number of aliphatic hydroxyl groups excluding tert-OH is 1. The maximum atomic E-state index is 13.0. The lowest BCUT2D eigenvalue weighted by molar-refractivity contribution is 0.0715. The normalized spacial score (nSPS) is 21.8. The number of carbonyl (C=O) groups is 1. The molecule has 2 aromatic rings. The molecule has 1 aliphatic rings. The smallest absolute Gasteiger partial charge is 0.257 e. The number of hydrogen-bond acceptors (Lipinski definition) is 3. The number of nitrogens with zero attached hydrogens (tertiary/aromatic N) is 3. The van der Waals surface area contributed by atoms with E-state index in [1.54, 1.807) is 35.0 Å². The largest absolute Gasteiger partial charge is 0.391 e. The third kappa shape index (κ3) is 2.67. The zero-order chi connectivity index (χ0) is 15.0. The number of hydrogen-bond donors (Lipinski definition) is 1. The number of rotatable bonds is 2. The number of aliphatic hydroxyl groups is 1. The monoisotopic (exact) mass is 289 g/mol. The number of likely N-dealkylation sites (tertiary alicyclic amines) is 1. The van der Waals surface area contributed by atoms with Gasteiger partial charge in [0.2, 0.25) is 0 Å². The van der Waals surface area contributed by atoms with E-state index in [4.69, 9.17) is 0 Å². The lowest BCUT2D eigenvalue weighted by Gasteiger charge is -2.24. The molecule has 2 heterocycles. The number of aromatic nitrogens is 2. The third-order valence-corrected chi connectivity index (χ3v) is 3.75. The van der Waals surface area contributed by atoms with Gasteiger partial charge in [0.15, 0.2) is 0 Å². The molecule has 0 aliphatic carbocycles. The molecule has 0 unspecified atom stereocenters. The van der Waals surface area contributed by atoms with Crippen molar-refractivity contribution in [2.45, 2.75) is 18.6 Å². The van der Waals surface area contributed by atoms with Crippen LogP contribution in [0.15, 0.2) is 36.7 Å². The van der Waals surface area contributed by atoms with Crippen molar-refractivity contribution in [3.63, 3.8) is 0 Å². The highest BCUT2D eigenvalue weighted by molar-refractivity contribution is 5.94. The predicted octanol–water partition coefficient (Wildman–Crippen LogP) is 1.51. The highest BCUT2D eigenvalue weighted by Gasteiger charge is 2.36. The molecule has 21 heavy (non-hydrogen) atoms. The summed E-state index contributed by atoms with van der Waals surface area (Å²) in [5.74, 6) is -0.489. The molecular formula is C15H16FN3O2. The quantitative estimate of drug-likeness (QED) is 0.911. The van der Waals surface area contributed by atoms with Gasteiger partial charge in [0.1, 0.15) is 5.82 Å². The zero-order valence-electron chi connectivity index (χ0n) is 11.6. The lowest BCUT2D eigenvalue weighted by Crippen LogP contribution is -2.31. The van der Waals surface area contributed by atoms with Crippen LogP contribution in [-0.4, -0.2) is 38.3 Å². The minimum Gasteiger partial charge on any atom is -0.391 e. The number of aryl methyl sites for hydroxylation is 1. The van der Waals surface area contributed by atoms with Gasteiger partial charge in [-0.2, -0.15) is 5.10 Å². The number of β-amino-alcohol motifs (C(OH)–C–C–N with tert-alkyl or cyclic N) is 1. The Hall–Kier alpha value is -2.21. The standard InChI is InChI=1S/C15H16FN3O2/c1-18-8-11(7-17-18)15(21)19-9-13(20)6-14(19)10-2-4-12(16)5-3-10/h2-5,7-8,13-14,20H,6,9H2,1H3/t13-,14+/m1/s1. The SMILES string of the molecule is Cn1cc(C(=O)N2C[C@H](O)C[C@H]2c2ccc(F)cc2)cn1. The fourth-order valence-corrected chi connectivity index (χ4v) is 2.74. The molecule has 6 heteroatoms. The zero-order valence-corrected chi connectivity index (χ0v) is 11.6. The van der Waals surface area contributed by atoms with Crippen molar-refractivity contribution in [1.82, 2.24) is 14.7 Å². The van der Waals surface area contributed by atoms with Gasteiger partial charge in [0, 0.05) is 19.8 Å². The van der Waals surface area contributed by atoms with E-state index in [0.29, 0.717) is 12.0 Å². The highest BCUT2D eigenvalue weighted by atomic mass is 19.1. The van der Waals surface area contributed by atoms with Gasteiger partial charge in [-0.3, -0.25) is 9.48 Å². The van der Waals surface area contributed by atoms with Gasteiger partial charge in [0.25, 0.3) is 5.91 Å². The summed E-state index contributed by atoms with van der Waals surface area (Å²) in [4.78, 5) is 14.2. The van der Waals surface area contributed by atoms with Crippen LogP contribution in [0.2, 0.25) is 0 Å². The Labute approximate surface area is 121 Å². The maximum Gasteiger partial charge on any atom is 0.257 e. The van der Waals surface area contributed by atoms with Crippen LogP contribution in [0.5, 0.6) is 0 Å². The van der Waals surface area contributed by atoms with E-state index in [0.717, 1.165) is 5.56 Å². The molecule has 0 radical (unpaired) electrons. The van der Waals surface area contributed by atoms with Crippen LogP contribution in [0, 0.1) is 5.82 Å². The molecule has 110 valence electrons. The summed E-state index contributed by atoms with van der Waals surface area (Å²) < 4.78 is 14.6. The maximum absolute atomic E-state index is 13.0.